The summed E-state index contributed by atoms with van der Waals surface area (Å²) in [4.78, 5) is 29.4. The fraction of sp³-hybridized carbons (Fsp3) is 0.292. The van der Waals surface area contributed by atoms with Gasteiger partial charge in [0.05, 0.1) is 5.69 Å². The van der Waals surface area contributed by atoms with E-state index < -0.39 is 6.10 Å². The van der Waals surface area contributed by atoms with Gasteiger partial charge in [0.25, 0.3) is 11.8 Å². The summed E-state index contributed by atoms with van der Waals surface area (Å²) < 4.78 is 13.3. The zero-order valence-corrected chi connectivity index (χ0v) is 17.8. The molecule has 3 aromatic rings. The van der Waals surface area contributed by atoms with Gasteiger partial charge in [-0.15, -0.1) is 0 Å². The molecule has 1 atom stereocenters. The van der Waals surface area contributed by atoms with Gasteiger partial charge >= 0.3 is 0 Å². The van der Waals surface area contributed by atoms with Crippen LogP contribution in [0.3, 0.4) is 0 Å². The van der Waals surface area contributed by atoms with Gasteiger partial charge in [0.1, 0.15) is 6.61 Å². The summed E-state index contributed by atoms with van der Waals surface area (Å²) in [5.41, 5.74) is 2.57. The molecule has 0 radical (unpaired) electrons. The Kier molecular flexibility index (Phi) is 5.26. The molecule has 2 aromatic carbocycles. The first-order valence-corrected chi connectivity index (χ1v) is 10.7. The Balaban J connectivity index is 1.18. The normalized spacial score (nSPS) is 17.8. The summed E-state index contributed by atoms with van der Waals surface area (Å²) in [6.07, 6.45) is 1.09. The predicted molar refractivity (Wildman–Crippen MR) is 117 cm³/mol. The van der Waals surface area contributed by atoms with Crippen LogP contribution in [0.2, 0.25) is 0 Å². The number of hydrogen-bond acceptors (Lipinski definition) is 5. The average Bonchev–Trinajstić information content (AvgIpc) is 3.29. The number of para-hydroxylation sites is 2. The third kappa shape index (κ3) is 3.79. The van der Waals surface area contributed by atoms with Crippen molar-refractivity contribution in [1.29, 1.82) is 0 Å². The zero-order valence-electron chi connectivity index (χ0n) is 17.8. The Morgan fingerprint density at radius 1 is 0.906 bits per heavy atom. The highest BCUT2D eigenvalue weighted by Crippen LogP contribution is 2.31. The van der Waals surface area contributed by atoms with E-state index >= 15 is 0 Å². The molecule has 0 bridgehead atoms. The van der Waals surface area contributed by atoms with E-state index in [-0.39, 0.29) is 18.4 Å². The van der Waals surface area contributed by atoms with Crippen LogP contribution in [0.1, 0.15) is 16.1 Å². The minimum absolute atomic E-state index is 0.0352. The fourth-order valence-electron chi connectivity index (χ4n) is 4.04. The lowest BCUT2D eigenvalue weighted by molar-refractivity contribution is -0.142. The van der Waals surface area contributed by atoms with Crippen molar-refractivity contribution in [2.75, 3.05) is 32.8 Å². The summed E-state index contributed by atoms with van der Waals surface area (Å²) in [7, 11) is 0. The van der Waals surface area contributed by atoms with Gasteiger partial charge in [0.2, 0.25) is 6.10 Å². The zero-order chi connectivity index (χ0) is 22.1. The van der Waals surface area contributed by atoms with Crippen molar-refractivity contribution in [3.63, 3.8) is 0 Å². The Hall–Kier alpha value is -3.81. The van der Waals surface area contributed by atoms with Gasteiger partial charge in [-0.3, -0.25) is 9.59 Å². The topological polar surface area (TPSA) is 76.9 Å². The first-order chi connectivity index (χ1) is 15.6. The summed E-state index contributed by atoms with van der Waals surface area (Å²) in [6, 6.07) is 16.7. The number of piperazine rings is 1. The number of nitrogens with zero attached hydrogens (tertiary/aromatic N) is 4. The highest BCUT2D eigenvalue weighted by Gasteiger charge is 2.33. The minimum Gasteiger partial charge on any atom is -0.485 e. The summed E-state index contributed by atoms with van der Waals surface area (Å²) in [6.45, 7) is 4.07. The molecule has 1 aromatic heterocycles. The van der Waals surface area contributed by atoms with Gasteiger partial charge in [-0.1, -0.05) is 12.1 Å². The molecule has 2 aliphatic rings. The molecule has 0 unspecified atom stereocenters. The van der Waals surface area contributed by atoms with E-state index in [4.69, 9.17) is 9.47 Å². The highest BCUT2D eigenvalue weighted by atomic mass is 16.6. The van der Waals surface area contributed by atoms with Gasteiger partial charge in [0.15, 0.2) is 11.5 Å². The standard InChI is InChI=1S/C24H24N4O4/c1-17-10-11-25-28(17)19-8-6-18(7-9-19)23(29)26-12-14-27(15-13-26)24(30)22-16-31-20-4-2-3-5-21(20)32-22/h2-11,22H,12-16H2,1H3/t22-/m1/s1. The number of aromatic nitrogens is 2. The molecule has 0 aliphatic carbocycles. The Morgan fingerprint density at radius 3 is 2.28 bits per heavy atom. The maximum absolute atomic E-state index is 12.9. The van der Waals surface area contributed by atoms with Gasteiger partial charge in [-0.2, -0.15) is 5.10 Å². The minimum atomic E-state index is -0.662. The molecule has 1 fully saturated rings. The van der Waals surface area contributed by atoms with E-state index in [1.165, 1.54) is 0 Å². The van der Waals surface area contributed by atoms with Crippen LogP contribution in [0.15, 0.2) is 60.8 Å². The van der Waals surface area contributed by atoms with Gasteiger partial charge < -0.3 is 19.3 Å². The van der Waals surface area contributed by atoms with Crippen molar-refractivity contribution in [3.05, 3.63) is 72.1 Å². The first kappa shape index (κ1) is 20.1. The maximum atomic E-state index is 12.9. The van der Waals surface area contributed by atoms with Crippen molar-refractivity contribution >= 4 is 11.8 Å². The third-order valence-corrected chi connectivity index (χ3v) is 5.85. The lowest BCUT2D eigenvalue weighted by Crippen LogP contribution is -2.55. The van der Waals surface area contributed by atoms with Crippen molar-refractivity contribution in [2.45, 2.75) is 13.0 Å². The van der Waals surface area contributed by atoms with Crippen LogP contribution in [0.25, 0.3) is 5.69 Å². The van der Waals surface area contributed by atoms with E-state index in [9.17, 15) is 9.59 Å². The third-order valence-electron chi connectivity index (χ3n) is 5.85. The van der Waals surface area contributed by atoms with E-state index in [0.717, 1.165) is 11.4 Å². The fourth-order valence-corrected chi connectivity index (χ4v) is 4.04. The molecule has 8 nitrogen and oxygen atoms in total. The smallest absolute Gasteiger partial charge is 0.267 e. The Bertz CT molecular complexity index is 1130. The largest absolute Gasteiger partial charge is 0.485 e. The van der Waals surface area contributed by atoms with E-state index in [2.05, 4.69) is 5.10 Å². The van der Waals surface area contributed by atoms with E-state index in [0.29, 0.717) is 43.2 Å². The van der Waals surface area contributed by atoms with E-state index in [1.807, 2.05) is 60.1 Å². The summed E-state index contributed by atoms with van der Waals surface area (Å²) in [5, 5.41) is 4.29. The van der Waals surface area contributed by atoms with Gasteiger partial charge in [-0.25, -0.2) is 4.68 Å². The number of ether oxygens (including phenoxy) is 2. The van der Waals surface area contributed by atoms with Crippen LogP contribution in [-0.2, 0) is 4.79 Å². The first-order valence-electron chi connectivity index (χ1n) is 10.7. The van der Waals surface area contributed by atoms with Crippen LogP contribution < -0.4 is 9.47 Å². The molecule has 0 spiro atoms. The van der Waals surface area contributed by atoms with Crippen LogP contribution in [0.4, 0.5) is 0 Å². The van der Waals surface area contributed by atoms with E-state index in [1.54, 1.807) is 22.1 Å². The van der Waals surface area contributed by atoms with Crippen LogP contribution in [0, 0.1) is 6.92 Å². The van der Waals surface area contributed by atoms with Crippen molar-refractivity contribution < 1.29 is 19.1 Å². The summed E-state index contributed by atoms with van der Waals surface area (Å²) >= 11 is 0. The molecule has 3 heterocycles. The number of aryl methyl sites for hydroxylation is 1. The monoisotopic (exact) mass is 432 g/mol. The maximum Gasteiger partial charge on any atom is 0.267 e. The Labute approximate surface area is 185 Å². The molecule has 164 valence electrons. The van der Waals surface area contributed by atoms with Crippen LogP contribution >= 0.6 is 0 Å². The number of carbonyl (C=O) groups is 2. The van der Waals surface area contributed by atoms with Crippen molar-refractivity contribution in [3.8, 4) is 17.2 Å². The molecule has 2 aliphatic heterocycles. The lowest BCUT2D eigenvalue weighted by atomic mass is 10.1. The highest BCUT2D eigenvalue weighted by molar-refractivity contribution is 5.94. The summed E-state index contributed by atoms with van der Waals surface area (Å²) in [5.74, 6) is 1.10. The average molecular weight is 432 g/mol. The molecule has 1 saturated heterocycles. The molecule has 0 saturated carbocycles. The molecule has 32 heavy (non-hydrogen) atoms. The number of fused-ring (bicyclic) bond motifs is 1. The quantitative estimate of drug-likeness (QED) is 0.635. The molecule has 5 rings (SSSR count). The van der Waals surface area contributed by atoms with Crippen molar-refractivity contribution in [2.24, 2.45) is 0 Å². The molecule has 2 amide bonds. The van der Waals surface area contributed by atoms with Gasteiger partial charge in [0, 0.05) is 43.6 Å². The predicted octanol–water partition coefficient (Wildman–Crippen LogP) is 2.31. The molecule has 0 N–H and O–H groups in total. The van der Waals surface area contributed by atoms with Crippen LogP contribution in [0.5, 0.6) is 11.5 Å². The number of rotatable bonds is 3. The molecular weight excluding hydrogens is 408 g/mol. The molecular formula is C24H24N4O4. The van der Waals surface area contributed by atoms with Crippen molar-refractivity contribution in [1.82, 2.24) is 19.6 Å². The number of carbonyl (C=O) groups excluding carboxylic acids is 2. The lowest BCUT2D eigenvalue weighted by Gasteiger charge is -2.37. The SMILES string of the molecule is Cc1ccnn1-c1ccc(C(=O)N2CCN(C(=O)[C@H]3COc4ccccc4O3)CC2)cc1. The second-order valence-electron chi connectivity index (χ2n) is 7.91. The van der Waals surface area contributed by atoms with Crippen LogP contribution in [-0.4, -0.2) is 70.3 Å². The van der Waals surface area contributed by atoms with Gasteiger partial charge in [-0.05, 0) is 49.4 Å². The Morgan fingerprint density at radius 2 is 1.59 bits per heavy atom. The number of hydrogen-bond donors (Lipinski definition) is 0. The number of amides is 2. The second kappa shape index (κ2) is 8.37. The number of benzene rings is 2. The molecule has 8 heteroatoms. The second-order valence-corrected chi connectivity index (χ2v) is 7.91.